The standard InChI is InChI=1S/C14H10BrF3O4S/c15-9-10-1-3-11(4-2-10)21-12-5-7-13(8-6-12)22-23(19,20)14(16,17)18/h1-8H,9H2. The van der Waals surface area contributed by atoms with Crippen LogP contribution in [0, 0.1) is 0 Å². The molecule has 0 aliphatic rings. The van der Waals surface area contributed by atoms with E-state index >= 15 is 0 Å². The van der Waals surface area contributed by atoms with Crippen molar-refractivity contribution in [1.82, 2.24) is 0 Å². The predicted molar refractivity (Wildman–Crippen MR) is 81.2 cm³/mol. The van der Waals surface area contributed by atoms with Gasteiger partial charge in [0.05, 0.1) is 0 Å². The molecule has 2 aromatic carbocycles. The molecule has 0 aromatic heterocycles. The first-order valence-corrected chi connectivity index (χ1v) is 8.68. The van der Waals surface area contributed by atoms with E-state index in [1.807, 2.05) is 12.1 Å². The van der Waals surface area contributed by atoms with Gasteiger partial charge in [-0.15, -0.1) is 0 Å². The van der Waals surface area contributed by atoms with Gasteiger partial charge in [-0.25, -0.2) is 0 Å². The molecule has 0 N–H and O–H groups in total. The number of hydrogen-bond acceptors (Lipinski definition) is 4. The summed E-state index contributed by atoms with van der Waals surface area (Å²) in [5.74, 6) is 0.406. The third kappa shape index (κ3) is 4.61. The molecule has 0 fully saturated rings. The van der Waals surface area contributed by atoms with Gasteiger partial charge in [0, 0.05) is 5.33 Å². The molecule has 0 saturated heterocycles. The Bertz CT molecular complexity index is 756. The Kier molecular flexibility index (Phi) is 5.20. The monoisotopic (exact) mass is 410 g/mol. The number of halogens is 4. The Hall–Kier alpha value is -1.74. The van der Waals surface area contributed by atoms with E-state index in [1.165, 1.54) is 12.1 Å². The molecular weight excluding hydrogens is 401 g/mol. The second kappa shape index (κ2) is 6.79. The number of rotatable bonds is 5. The van der Waals surface area contributed by atoms with E-state index in [-0.39, 0.29) is 0 Å². The number of alkyl halides is 4. The van der Waals surface area contributed by atoms with Crippen LogP contribution in [-0.2, 0) is 15.4 Å². The van der Waals surface area contributed by atoms with Crippen molar-refractivity contribution in [2.45, 2.75) is 10.8 Å². The van der Waals surface area contributed by atoms with E-state index < -0.39 is 21.4 Å². The topological polar surface area (TPSA) is 52.6 Å². The van der Waals surface area contributed by atoms with Crippen LogP contribution in [0.25, 0.3) is 0 Å². The minimum absolute atomic E-state index is 0.327. The van der Waals surface area contributed by atoms with Crippen LogP contribution in [0.15, 0.2) is 48.5 Å². The van der Waals surface area contributed by atoms with E-state index in [4.69, 9.17) is 4.74 Å². The highest BCUT2D eigenvalue weighted by Crippen LogP contribution is 2.29. The molecule has 2 aromatic rings. The van der Waals surface area contributed by atoms with Gasteiger partial charge >= 0.3 is 15.6 Å². The molecule has 0 radical (unpaired) electrons. The van der Waals surface area contributed by atoms with E-state index in [1.54, 1.807) is 12.1 Å². The summed E-state index contributed by atoms with van der Waals surface area (Å²) in [7, 11) is -5.68. The van der Waals surface area contributed by atoms with Gasteiger partial charge in [-0.1, -0.05) is 28.1 Å². The summed E-state index contributed by atoms with van der Waals surface area (Å²) < 4.78 is 67.8. The molecule has 0 aliphatic carbocycles. The fraction of sp³-hybridized carbons (Fsp3) is 0.143. The minimum Gasteiger partial charge on any atom is -0.457 e. The third-order valence-corrected chi connectivity index (χ3v) is 4.25. The van der Waals surface area contributed by atoms with Crippen molar-refractivity contribution in [2.24, 2.45) is 0 Å². The van der Waals surface area contributed by atoms with Gasteiger partial charge in [0.2, 0.25) is 0 Å². The molecule has 0 saturated carbocycles. The Labute approximate surface area is 139 Å². The lowest BCUT2D eigenvalue weighted by Gasteiger charge is -2.10. The zero-order valence-corrected chi connectivity index (χ0v) is 13.8. The fourth-order valence-electron chi connectivity index (χ4n) is 1.52. The average Bonchev–Trinajstić information content (AvgIpc) is 2.48. The maximum Gasteiger partial charge on any atom is 0.534 e. The maximum atomic E-state index is 12.2. The van der Waals surface area contributed by atoms with Crippen LogP contribution in [0.1, 0.15) is 5.56 Å². The smallest absolute Gasteiger partial charge is 0.457 e. The van der Waals surface area contributed by atoms with Crippen molar-refractivity contribution in [2.75, 3.05) is 0 Å². The first-order valence-electron chi connectivity index (χ1n) is 6.15. The second-order valence-electron chi connectivity index (χ2n) is 4.33. The second-order valence-corrected chi connectivity index (χ2v) is 6.43. The summed E-state index contributed by atoms with van der Waals surface area (Å²) >= 11 is 3.31. The summed E-state index contributed by atoms with van der Waals surface area (Å²) in [5, 5.41) is 0.701. The quantitative estimate of drug-likeness (QED) is 0.410. The largest absolute Gasteiger partial charge is 0.534 e. The molecule has 4 nitrogen and oxygen atoms in total. The lowest BCUT2D eigenvalue weighted by molar-refractivity contribution is -0.0500. The van der Waals surface area contributed by atoms with Crippen LogP contribution in [-0.4, -0.2) is 13.9 Å². The summed E-state index contributed by atoms with van der Waals surface area (Å²) in [6.07, 6.45) is 0. The van der Waals surface area contributed by atoms with Crippen LogP contribution in [0.5, 0.6) is 17.2 Å². The van der Waals surface area contributed by atoms with Gasteiger partial charge in [0.1, 0.15) is 17.2 Å². The highest BCUT2D eigenvalue weighted by molar-refractivity contribution is 9.08. The molecule has 124 valence electrons. The molecule has 0 amide bonds. The van der Waals surface area contributed by atoms with E-state index in [0.29, 0.717) is 16.8 Å². The predicted octanol–water partition coefficient (Wildman–Crippen LogP) is 4.60. The fourth-order valence-corrected chi connectivity index (χ4v) is 2.35. The molecule has 0 bridgehead atoms. The van der Waals surface area contributed by atoms with Crippen molar-refractivity contribution in [3.8, 4) is 17.2 Å². The third-order valence-electron chi connectivity index (χ3n) is 2.63. The number of hydrogen-bond donors (Lipinski definition) is 0. The lowest BCUT2D eigenvalue weighted by Crippen LogP contribution is -2.27. The molecule has 0 spiro atoms. The normalized spacial score (nSPS) is 12.0. The molecule has 0 aliphatic heterocycles. The number of benzene rings is 2. The van der Waals surface area contributed by atoms with Crippen molar-refractivity contribution in [3.05, 3.63) is 54.1 Å². The Balaban J connectivity index is 2.07. The van der Waals surface area contributed by atoms with Gasteiger partial charge < -0.3 is 8.92 Å². The van der Waals surface area contributed by atoms with Gasteiger partial charge in [-0.3, -0.25) is 0 Å². The summed E-state index contributed by atoms with van der Waals surface area (Å²) in [4.78, 5) is 0. The van der Waals surface area contributed by atoms with Crippen LogP contribution < -0.4 is 8.92 Å². The van der Waals surface area contributed by atoms with Crippen molar-refractivity contribution >= 4 is 26.0 Å². The molecular formula is C14H10BrF3O4S. The van der Waals surface area contributed by atoms with Crippen molar-refractivity contribution < 1.29 is 30.5 Å². The van der Waals surface area contributed by atoms with Crippen molar-refractivity contribution in [1.29, 1.82) is 0 Å². The van der Waals surface area contributed by atoms with Gasteiger partial charge in [0.15, 0.2) is 0 Å². The summed E-state index contributed by atoms with van der Waals surface area (Å²) in [5.41, 5.74) is -4.42. The van der Waals surface area contributed by atoms with Gasteiger partial charge in [0.25, 0.3) is 0 Å². The highest BCUT2D eigenvalue weighted by Gasteiger charge is 2.48. The van der Waals surface area contributed by atoms with Gasteiger partial charge in [-0.05, 0) is 42.0 Å². The van der Waals surface area contributed by atoms with E-state index in [0.717, 1.165) is 17.7 Å². The first-order chi connectivity index (χ1) is 10.7. The highest BCUT2D eigenvalue weighted by atomic mass is 79.9. The molecule has 2 rings (SSSR count). The van der Waals surface area contributed by atoms with Gasteiger partial charge in [-0.2, -0.15) is 21.6 Å². The van der Waals surface area contributed by atoms with Crippen LogP contribution >= 0.6 is 15.9 Å². The molecule has 0 heterocycles. The zero-order chi connectivity index (χ0) is 17.1. The summed E-state index contributed by atoms with van der Waals surface area (Å²) in [6, 6.07) is 11.9. The van der Waals surface area contributed by atoms with E-state index in [2.05, 4.69) is 20.1 Å². The van der Waals surface area contributed by atoms with Crippen molar-refractivity contribution in [3.63, 3.8) is 0 Å². The first kappa shape index (κ1) is 17.6. The summed E-state index contributed by atoms with van der Waals surface area (Å²) in [6.45, 7) is 0. The number of ether oxygens (including phenoxy) is 1. The minimum atomic E-state index is -5.68. The average molecular weight is 411 g/mol. The maximum absolute atomic E-state index is 12.2. The molecule has 9 heteroatoms. The Morgan fingerprint density at radius 1 is 0.870 bits per heavy atom. The molecule has 23 heavy (non-hydrogen) atoms. The molecule has 0 unspecified atom stereocenters. The zero-order valence-electron chi connectivity index (χ0n) is 11.4. The Morgan fingerprint density at radius 2 is 1.30 bits per heavy atom. The van der Waals surface area contributed by atoms with E-state index in [9.17, 15) is 21.6 Å². The van der Waals surface area contributed by atoms with Crippen LogP contribution in [0.4, 0.5) is 13.2 Å². The SMILES string of the molecule is O=S(=O)(Oc1ccc(Oc2ccc(CBr)cc2)cc1)C(F)(F)F. The van der Waals surface area contributed by atoms with Crippen LogP contribution in [0.2, 0.25) is 0 Å². The van der Waals surface area contributed by atoms with Crippen LogP contribution in [0.3, 0.4) is 0 Å². The molecule has 0 atom stereocenters. The Morgan fingerprint density at radius 3 is 1.74 bits per heavy atom. The lowest BCUT2D eigenvalue weighted by atomic mass is 10.2.